The van der Waals surface area contributed by atoms with Crippen LogP contribution in [0.3, 0.4) is 0 Å². The minimum atomic E-state index is -1.23. The molecule has 3 N–H and O–H groups in total. The van der Waals surface area contributed by atoms with Gasteiger partial charge in [0.15, 0.2) is 0 Å². The highest BCUT2D eigenvalue weighted by molar-refractivity contribution is 7.08. The molecule has 2 amide bonds. The Balaban J connectivity index is 1.70. The number of rotatable bonds is 6. The Bertz CT molecular complexity index is 887. The Morgan fingerprint density at radius 3 is 2.52 bits per heavy atom. The summed E-state index contributed by atoms with van der Waals surface area (Å²) in [6, 6.07) is 9.81. The highest BCUT2D eigenvalue weighted by atomic mass is 32.1. The molecule has 7 nitrogen and oxygen atoms in total. The number of nitrogens with one attached hydrogen (secondary N) is 1. The summed E-state index contributed by atoms with van der Waals surface area (Å²) < 4.78 is 0. The Kier molecular flexibility index (Phi) is 5.56. The van der Waals surface area contributed by atoms with E-state index >= 15 is 0 Å². The number of carboxylic acid groups (broad SMARTS) is 1. The monoisotopic (exact) mass is 386 g/mol. The predicted molar refractivity (Wildman–Crippen MR) is 100 cm³/mol. The average molecular weight is 386 g/mol. The average Bonchev–Trinajstić information content (AvgIpc) is 3.18. The van der Waals surface area contributed by atoms with Crippen LogP contribution in [0.4, 0.5) is 0 Å². The molecule has 1 aliphatic rings. The van der Waals surface area contributed by atoms with E-state index < -0.39 is 29.9 Å². The number of carbonyl (C=O) groups is 3. The van der Waals surface area contributed by atoms with Crippen molar-refractivity contribution in [2.45, 2.75) is 13.0 Å². The number of benzene rings is 1. The van der Waals surface area contributed by atoms with Crippen LogP contribution in [0.15, 0.2) is 52.4 Å². The molecule has 1 aromatic heterocycles. The molecule has 0 fully saturated rings. The Hall–Kier alpha value is -3.13. The molecular formula is C19H18N2O5S. The summed E-state index contributed by atoms with van der Waals surface area (Å²) in [6.45, 7) is -0.0364. The molecule has 0 saturated carbocycles. The number of aliphatic hydroxyl groups excluding tert-OH is 1. The summed E-state index contributed by atoms with van der Waals surface area (Å²) in [7, 11) is 0. The van der Waals surface area contributed by atoms with E-state index in [2.05, 4.69) is 10.7 Å². The van der Waals surface area contributed by atoms with Crippen molar-refractivity contribution in [2.75, 3.05) is 13.1 Å². The zero-order valence-corrected chi connectivity index (χ0v) is 15.2. The van der Waals surface area contributed by atoms with E-state index in [4.69, 9.17) is 5.11 Å². The summed E-state index contributed by atoms with van der Waals surface area (Å²) in [5.74, 6) is -3.03. The quantitative estimate of drug-likeness (QED) is 0.660. The predicted octanol–water partition coefficient (Wildman–Crippen LogP) is 2.16. The molecule has 1 aliphatic heterocycles. The third-order valence-corrected chi connectivity index (χ3v) is 4.90. The number of aliphatic hydroxyl groups is 1. The molecule has 2 heterocycles. The van der Waals surface area contributed by atoms with Crippen molar-refractivity contribution in [3.63, 3.8) is 0 Å². The third-order valence-electron chi connectivity index (χ3n) is 4.22. The molecule has 1 aromatic carbocycles. The van der Waals surface area contributed by atoms with Crippen molar-refractivity contribution in [3.05, 3.63) is 58.0 Å². The largest absolute Gasteiger partial charge is 0.511 e. The smallest absolute Gasteiger partial charge is 0.322 e. The standard InChI is InChI=1S/C19H18N2O5S/c22-15-5-7-21(19(26)17(15)18(25)20-9-16(23)24)10-12-1-3-13(4-2-12)14-6-8-27-11-14/h1-4,6,8,11,22H,5,7,9-10H2,(H,20,25)(H,23,24). The fraction of sp³-hybridized carbons (Fsp3) is 0.211. The number of hydrogen-bond donors (Lipinski definition) is 3. The molecule has 0 spiro atoms. The van der Waals surface area contributed by atoms with Crippen molar-refractivity contribution in [1.29, 1.82) is 0 Å². The second-order valence-corrected chi connectivity index (χ2v) is 6.86. The maximum absolute atomic E-state index is 12.6. The van der Waals surface area contributed by atoms with Crippen molar-refractivity contribution >= 4 is 29.1 Å². The number of nitrogens with zero attached hydrogens (tertiary/aromatic N) is 1. The van der Waals surface area contributed by atoms with E-state index in [1.54, 1.807) is 11.3 Å². The molecular weight excluding hydrogens is 368 g/mol. The van der Waals surface area contributed by atoms with Gasteiger partial charge in [0.25, 0.3) is 11.8 Å². The van der Waals surface area contributed by atoms with Crippen LogP contribution in [0.25, 0.3) is 11.1 Å². The van der Waals surface area contributed by atoms with E-state index in [9.17, 15) is 19.5 Å². The van der Waals surface area contributed by atoms with Gasteiger partial charge in [-0.2, -0.15) is 11.3 Å². The maximum Gasteiger partial charge on any atom is 0.322 e. The van der Waals surface area contributed by atoms with Crippen molar-refractivity contribution in [1.82, 2.24) is 10.2 Å². The fourth-order valence-corrected chi connectivity index (χ4v) is 3.49. The van der Waals surface area contributed by atoms with Crippen LogP contribution in [-0.2, 0) is 20.9 Å². The topological polar surface area (TPSA) is 107 Å². The van der Waals surface area contributed by atoms with Crippen molar-refractivity contribution in [3.8, 4) is 11.1 Å². The van der Waals surface area contributed by atoms with E-state index in [1.165, 1.54) is 4.90 Å². The lowest BCUT2D eigenvalue weighted by molar-refractivity contribution is -0.138. The summed E-state index contributed by atoms with van der Waals surface area (Å²) in [6.07, 6.45) is 0.147. The number of thiophene rings is 1. The van der Waals surface area contributed by atoms with E-state index in [0.29, 0.717) is 6.54 Å². The van der Waals surface area contributed by atoms with Crippen LogP contribution in [0, 0.1) is 0 Å². The fourth-order valence-electron chi connectivity index (χ4n) is 2.82. The first-order valence-electron chi connectivity index (χ1n) is 8.28. The molecule has 8 heteroatoms. The highest BCUT2D eigenvalue weighted by Crippen LogP contribution is 2.24. The van der Waals surface area contributed by atoms with Gasteiger partial charge in [0.2, 0.25) is 0 Å². The number of hydrogen-bond acceptors (Lipinski definition) is 5. The zero-order valence-electron chi connectivity index (χ0n) is 14.3. The Labute approximate surface area is 159 Å². The second kappa shape index (κ2) is 8.05. The van der Waals surface area contributed by atoms with E-state index in [0.717, 1.165) is 16.7 Å². The van der Waals surface area contributed by atoms with E-state index in [-0.39, 0.29) is 18.7 Å². The molecule has 0 saturated heterocycles. The summed E-state index contributed by atoms with van der Waals surface area (Å²) >= 11 is 1.62. The lowest BCUT2D eigenvalue weighted by atomic mass is 10.0. The van der Waals surface area contributed by atoms with Crippen LogP contribution in [-0.4, -0.2) is 46.0 Å². The van der Waals surface area contributed by atoms with Gasteiger partial charge in [-0.1, -0.05) is 24.3 Å². The zero-order chi connectivity index (χ0) is 19.4. The van der Waals surface area contributed by atoms with Crippen LogP contribution >= 0.6 is 11.3 Å². The lowest BCUT2D eigenvalue weighted by Crippen LogP contribution is -2.43. The first kappa shape index (κ1) is 18.7. The summed E-state index contributed by atoms with van der Waals surface area (Å²) in [5, 5.41) is 24.7. The van der Waals surface area contributed by atoms with Gasteiger partial charge >= 0.3 is 5.97 Å². The van der Waals surface area contributed by atoms with Gasteiger partial charge in [-0.3, -0.25) is 14.4 Å². The molecule has 0 bridgehead atoms. The van der Waals surface area contributed by atoms with E-state index in [1.807, 2.05) is 35.7 Å². The molecule has 0 unspecified atom stereocenters. The van der Waals surface area contributed by atoms with Gasteiger partial charge < -0.3 is 20.4 Å². The SMILES string of the molecule is O=C(O)CNC(=O)C1=C(O)CCN(Cc2ccc(-c3ccsc3)cc2)C1=O. The molecule has 3 rings (SSSR count). The van der Waals surface area contributed by atoms with Gasteiger partial charge in [0.05, 0.1) is 0 Å². The summed E-state index contributed by atoms with van der Waals surface area (Å²) in [4.78, 5) is 36.7. The number of amides is 2. The van der Waals surface area contributed by atoms with Gasteiger partial charge in [0, 0.05) is 19.5 Å². The molecule has 140 valence electrons. The number of carbonyl (C=O) groups excluding carboxylic acids is 2. The molecule has 2 aromatic rings. The molecule has 0 radical (unpaired) electrons. The minimum absolute atomic E-state index is 0.147. The Morgan fingerprint density at radius 1 is 1.15 bits per heavy atom. The Morgan fingerprint density at radius 2 is 1.89 bits per heavy atom. The van der Waals surface area contributed by atoms with Gasteiger partial charge in [0.1, 0.15) is 17.9 Å². The highest BCUT2D eigenvalue weighted by Gasteiger charge is 2.32. The summed E-state index contributed by atoms with van der Waals surface area (Å²) in [5.41, 5.74) is 2.72. The first-order valence-corrected chi connectivity index (χ1v) is 9.23. The third kappa shape index (κ3) is 4.35. The van der Waals surface area contributed by atoms with Crippen LogP contribution < -0.4 is 5.32 Å². The number of carboxylic acids is 1. The minimum Gasteiger partial charge on any atom is -0.511 e. The second-order valence-electron chi connectivity index (χ2n) is 6.08. The lowest BCUT2D eigenvalue weighted by Gasteiger charge is -2.28. The molecule has 0 atom stereocenters. The molecule has 27 heavy (non-hydrogen) atoms. The van der Waals surface area contributed by atoms with Crippen LogP contribution in [0.1, 0.15) is 12.0 Å². The van der Waals surface area contributed by atoms with Gasteiger partial charge in [-0.15, -0.1) is 0 Å². The molecule has 0 aliphatic carbocycles. The van der Waals surface area contributed by atoms with Crippen molar-refractivity contribution < 1.29 is 24.6 Å². The first-order chi connectivity index (χ1) is 13.0. The normalized spacial score (nSPS) is 14.4. The van der Waals surface area contributed by atoms with Gasteiger partial charge in [-0.05, 0) is 33.5 Å². The van der Waals surface area contributed by atoms with Crippen LogP contribution in [0.5, 0.6) is 0 Å². The van der Waals surface area contributed by atoms with Crippen molar-refractivity contribution in [2.24, 2.45) is 0 Å². The van der Waals surface area contributed by atoms with Crippen LogP contribution in [0.2, 0.25) is 0 Å². The van der Waals surface area contributed by atoms with Gasteiger partial charge in [-0.25, -0.2) is 0 Å². The number of aliphatic carboxylic acids is 1. The maximum atomic E-state index is 12.6.